The van der Waals surface area contributed by atoms with E-state index in [4.69, 9.17) is 68.8 Å². The lowest BCUT2D eigenvalue weighted by molar-refractivity contribution is -0.372. The molecule has 29 N–H and O–H groups in total. The number of aliphatic hydroxyl groups is 8. The summed E-state index contributed by atoms with van der Waals surface area (Å²) in [6.07, 6.45) is -23.8. The predicted octanol–water partition coefficient (Wildman–Crippen LogP) is -9.01. The summed E-state index contributed by atoms with van der Waals surface area (Å²) in [7, 11) is 0. The Hall–Kier alpha value is -7.99. The third-order valence-corrected chi connectivity index (χ3v) is 17.7. The molecule has 0 bridgehead atoms. The second-order valence-corrected chi connectivity index (χ2v) is 25.0. The highest BCUT2D eigenvalue weighted by molar-refractivity contribution is 8.14. The Kier molecular flexibility index (Phi) is 29.6. The third kappa shape index (κ3) is 21.3. The number of guanidine groups is 1. The van der Waals surface area contributed by atoms with Gasteiger partial charge in [0.05, 0.1) is 72.7 Å². The van der Waals surface area contributed by atoms with Crippen LogP contribution in [0.15, 0.2) is 27.9 Å². The molecule has 20 atom stereocenters. The van der Waals surface area contributed by atoms with Crippen LogP contribution in [-0.4, -0.2) is 267 Å². The van der Waals surface area contributed by atoms with Gasteiger partial charge in [0.2, 0.25) is 29.5 Å². The van der Waals surface area contributed by atoms with Crippen molar-refractivity contribution in [3.8, 4) is 0 Å². The molecule has 0 spiro atoms. The van der Waals surface area contributed by atoms with Crippen molar-refractivity contribution in [3.63, 3.8) is 0 Å². The van der Waals surface area contributed by atoms with Crippen LogP contribution in [-0.2, 0) is 47.7 Å². The highest BCUT2D eigenvalue weighted by Gasteiger charge is 2.54. The molecule has 544 valence electrons. The van der Waals surface area contributed by atoms with Crippen molar-refractivity contribution in [1.82, 2.24) is 56.8 Å². The number of anilines is 1. The maximum Gasteiger partial charge on any atom is 0.404 e. The molecule has 10 unspecified atom stereocenters. The zero-order valence-electron chi connectivity index (χ0n) is 53.5. The van der Waals surface area contributed by atoms with E-state index in [2.05, 4.69) is 61.8 Å². The largest absolute Gasteiger partial charge is 0.441 e. The van der Waals surface area contributed by atoms with Gasteiger partial charge in [0.25, 0.3) is 11.8 Å². The van der Waals surface area contributed by atoms with Crippen LogP contribution in [0.2, 0.25) is 0 Å². The summed E-state index contributed by atoms with van der Waals surface area (Å²) in [5.41, 5.74) is 38.2. The molecule has 3 aliphatic heterocycles. The molecule has 98 heavy (non-hydrogen) atoms. The molecular weight excluding hydrogens is 1340 g/mol. The maximum absolute atomic E-state index is 15.2. The first kappa shape index (κ1) is 79.0. The number of unbranched alkanes of at least 4 members (excludes halogenated alkanes) is 1. The molecular formula is C55H86N20O21S2. The van der Waals surface area contributed by atoms with E-state index in [9.17, 15) is 74.4 Å². The molecule has 3 aromatic heterocycles. The molecule has 3 aliphatic rings. The first-order chi connectivity index (χ1) is 46.3. The lowest BCUT2D eigenvalue weighted by Crippen LogP contribution is -2.65. The van der Waals surface area contributed by atoms with Crippen molar-refractivity contribution in [3.05, 3.63) is 51.4 Å². The van der Waals surface area contributed by atoms with Gasteiger partial charge in [0.1, 0.15) is 95.0 Å². The maximum atomic E-state index is 15.2. The van der Waals surface area contributed by atoms with Crippen molar-refractivity contribution >= 4 is 87.4 Å². The zero-order chi connectivity index (χ0) is 72.4. The van der Waals surface area contributed by atoms with E-state index in [1.54, 1.807) is 5.38 Å². The average molecular weight is 1430 g/mol. The van der Waals surface area contributed by atoms with Gasteiger partial charge in [-0.2, -0.15) is 0 Å². The number of ether oxygens (including phenoxy) is 5. The topological polar surface area (TPSA) is 691 Å². The number of nitrogen functional groups attached to an aromatic ring is 1. The van der Waals surface area contributed by atoms with E-state index < -0.39 is 183 Å². The van der Waals surface area contributed by atoms with Gasteiger partial charge in [-0.3, -0.25) is 43.5 Å². The van der Waals surface area contributed by atoms with E-state index in [0.29, 0.717) is 41.7 Å². The van der Waals surface area contributed by atoms with Crippen LogP contribution < -0.4 is 72.0 Å². The number of H-pyrrole nitrogens is 1. The van der Waals surface area contributed by atoms with Gasteiger partial charge in [-0.1, -0.05) is 6.92 Å². The summed E-state index contributed by atoms with van der Waals surface area (Å²) < 4.78 is 28.7. The summed E-state index contributed by atoms with van der Waals surface area (Å²) in [5, 5.41) is 107. The standard InChI is InChI=1S/C55H86N20O21S2/c1-19-32(72-45(75-43(19)58)24(11-30(57)79)67-12-23(56)44(59)85)49(89)74-34(40(25-13-63-18-68-25)94-53-42(38(83)36(81)28(14-76)93-53)95-52-39(84)41(96-55(62)91)37(82)29(15-77)92-52)50(90)69-21(3)35(80)20(2)46(86)73-33(22(4)78)48(88)65-10-7-31-70-27(17-97-31)51-71-26(16-98-51)47(87)64-8-5-6-9-66-54(60)61/h13,16,18,20-24,27-29,33-42,52-53,67,76-78,80-84H,5-12,14-15,17,56H2,1-4H3,(H2,57,79)(H2,59,85)(H2,62,91)(H,63,68)(H,64,87)(H,65,88)(H,69,90)(H,73,86)(H,74,89)(H2,58,72,75)(H4,60,61,66)/t20?,21?,22?,23?,24?,27?,28-,29+,33?,34?,35?,36+,37+,38-,39-,40?,41-,42-,52+,53-/m0/s1. The van der Waals surface area contributed by atoms with E-state index in [1.165, 1.54) is 50.8 Å². The number of aliphatic imine (C=N–C) groups is 2. The van der Waals surface area contributed by atoms with Gasteiger partial charge in [-0.25, -0.2) is 24.7 Å². The highest BCUT2D eigenvalue weighted by atomic mass is 32.2. The van der Waals surface area contributed by atoms with Crippen LogP contribution >= 0.6 is 23.1 Å². The van der Waals surface area contributed by atoms with Crippen LogP contribution in [0.1, 0.15) is 108 Å². The Morgan fingerprint density at radius 1 is 0.806 bits per heavy atom. The van der Waals surface area contributed by atoms with Crippen LogP contribution in [0, 0.1) is 12.8 Å². The fraction of sp³-hybridized carbons (Fsp3) is 0.636. The van der Waals surface area contributed by atoms with Gasteiger partial charge < -0.3 is 142 Å². The number of nitrogens with zero attached hydrogens (tertiary/aromatic N) is 6. The second kappa shape index (κ2) is 36.7. The van der Waals surface area contributed by atoms with Gasteiger partial charge in [0.15, 0.2) is 24.6 Å². The van der Waals surface area contributed by atoms with E-state index in [1.807, 2.05) is 0 Å². The SMILES string of the molecule is Cc1c(N)nc(C(CC(N)=O)NCC(N)C(N)=O)nc1C(=O)NC(C(=O)NC(C)C(O)C(C)C(=O)NC(C(=O)NCCC1=NC(c2nc(C(=O)NCCCCN=C(N)N)cs2)CS1)C(C)O)C(O[C@@H]1O[C@@H](CO)[C@@H](O)[C@H](O)[C@@H]1O[C@H]1O[C@H](CO)[C@@H](O)[C@H](OC(N)=O)[C@@H]1O)c1cnc[nH]1. The summed E-state index contributed by atoms with van der Waals surface area (Å²) in [4.78, 5) is 135. The van der Waals surface area contributed by atoms with Crippen molar-refractivity contribution in [1.29, 1.82) is 0 Å². The summed E-state index contributed by atoms with van der Waals surface area (Å²) in [5.74, 6) is -8.26. The number of aliphatic hydroxyl groups excluding tert-OH is 8. The minimum atomic E-state index is -2.20. The van der Waals surface area contributed by atoms with Gasteiger partial charge in [0, 0.05) is 55.7 Å². The molecule has 0 saturated carbocycles. The molecule has 0 aliphatic carbocycles. The number of hydrogen-bond donors (Lipinski definition) is 22. The van der Waals surface area contributed by atoms with Gasteiger partial charge >= 0.3 is 6.09 Å². The van der Waals surface area contributed by atoms with Crippen molar-refractivity contribution in [2.24, 2.45) is 50.3 Å². The van der Waals surface area contributed by atoms with Crippen LogP contribution in [0.4, 0.5) is 10.6 Å². The normalized spacial score (nSPS) is 25.1. The Labute approximate surface area is 566 Å². The van der Waals surface area contributed by atoms with E-state index >= 15 is 4.79 Å². The number of aromatic amines is 1. The molecule has 8 amide bonds. The fourth-order valence-electron chi connectivity index (χ4n) is 10.1. The number of thioether (sulfide) groups is 1. The Bertz CT molecular complexity index is 3280. The van der Waals surface area contributed by atoms with E-state index in [-0.39, 0.29) is 66.0 Å². The number of primary amides is 3. The average Bonchev–Trinajstić information content (AvgIpc) is 0.925. The quantitative estimate of drug-likeness (QED) is 0.0146. The number of rotatable bonds is 36. The Morgan fingerprint density at radius 2 is 1.50 bits per heavy atom. The number of hydrogen-bond acceptors (Lipinski definition) is 32. The molecule has 2 saturated heterocycles. The smallest absolute Gasteiger partial charge is 0.404 e. The summed E-state index contributed by atoms with van der Waals surface area (Å²) >= 11 is 2.69. The third-order valence-electron chi connectivity index (χ3n) is 15.7. The number of amides is 8. The van der Waals surface area contributed by atoms with Gasteiger partial charge in [-0.05, 0) is 33.6 Å². The number of aromatic nitrogens is 5. The minimum Gasteiger partial charge on any atom is -0.441 e. The van der Waals surface area contributed by atoms with Crippen molar-refractivity contribution in [2.75, 3.05) is 50.9 Å². The minimum absolute atomic E-state index is 0.00676. The molecule has 3 aromatic rings. The Balaban J connectivity index is 1.24. The Morgan fingerprint density at radius 3 is 2.13 bits per heavy atom. The fourth-order valence-corrected chi connectivity index (χ4v) is 12.1. The summed E-state index contributed by atoms with van der Waals surface area (Å²) in [6.45, 7) is 3.47. The molecule has 0 radical (unpaired) electrons. The molecule has 43 heteroatoms. The number of nitrogens with one attached hydrogen (secondary N) is 7. The zero-order valence-corrected chi connectivity index (χ0v) is 55.1. The van der Waals surface area contributed by atoms with E-state index in [0.717, 1.165) is 12.5 Å². The number of carbonyl (C=O) groups excluding carboxylic acids is 8. The lowest BCUT2D eigenvalue weighted by atomic mass is 9.96. The lowest BCUT2D eigenvalue weighted by Gasteiger charge is -2.47. The molecule has 6 rings (SSSR count). The first-order valence-electron chi connectivity index (χ1n) is 30.6. The molecule has 2 fully saturated rings. The number of carbonyl (C=O) groups is 8. The van der Waals surface area contributed by atoms with Crippen molar-refractivity contribution < 1.29 is 103 Å². The van der Waals surface area contributed by atoms with Crippen molar-refractivity contribution in [2.45, 2.75) is 169 Å². The molecule has 6 heterocycles. The number of imidazole rings is 1. The second-order valence-electron chi connectivity index (χ2n) is 23.0. The molecule has 0 aromatic carbocycles. The van der Waals surface area contributed by atoms with Crippen LogP contribution in [0.5, 0.6) is 0 Å². The first-order valence-corrected chi connectivity index (χ1v) is 32.5. The van der Waals surface area contributed by atoms with Crippen LogP contribution in [0.25, 0.3) is 0 Å². The predicted molar refractivity (Wildman–Crippen MR) is 342 cm³/mol. The van der Waals surface area contributed by atoms with Crippen LogP contribution in [0.3, 0.4) is 0 Å². The molecule has 41 nitrogen and oxygen atoms in total. The highest BCUT2D eigenvalue weighted by Crippen LogP contribution is 2.36. The van der Waals surface area contributed by atoms with Gasteiger partial charge in [-0.15, -0.1) is 23.1 Å². The summed E-state index contributed by atoms with van der Waals surface area (Å²) in [6, 6.07) is -8.23. The monoisotopic (exact) mass is 1430 g/mol. The number of thiazole rings is 1. The number of nitrogens with two attached hydrogens (primary N) is 7.